The molecule has 0 fully saturated rings. The van der Waals surface area contributed by atoms with Crippen LogP contribution in [0.4, 0.5) is 0 Å². The molecule has 1 heteroatoms. The number of phenols is 1. The number of aryl methyl sites for hydroxylation is 1. The monoisotopic (exact) mass is 214 g/mol. The third-order valence-electron chi connectivity index (χ3n) is 2.23. The third kappa shape index (κ3) is 3.13. The van der Waals surface area contributed by atoms with Gasteiger partial charge in [-0.05, 0) is 30.2 Å². The lowest BCUT2D eigenvalue weighted by atomic mass is 10.0. The summed E-state index contributed by atoms with van der Waals surface area (Å²) in [6.07, 6.45) is 0. The molecule has 2 rings (SSSR count). The largest absolute Gasteiger partial charge is 0.508 e. The average molecular weight is 214 g/mol. The van der Waals surface area contributed by atoms with E-state index in [1.807, 2.05) is 26.0 Å². The molecule has 2 aromatic rings. The first-order valence-corrected chi connectivity index (χ1v) is 5.62. The van der Waals surface area contributed by atoms with Crippen molar-refractivity contribution >= 4 is 0 Å². The number of rotatable bonds is 1. The fourth-order valence-corrected chi connectivity index (χ4v) is 1.43. The van der Waals surface area contributed by atoms with Crippen LogP contribution in [0, 0.1) is 6.92 Å². The van der Waals surface area contributed by atoms with Crippen LogP contribution >= 0.6 is 0 Å². The van der Waals surface area contributed by atoms with Crippen LogP contribution in [0.2, 0.25) is 0 Å². The van der Waals surface area contributed by atoms with Crippen molar-refractivity contribution < 1.29 is 5.11 Å². The van der Waals surface area contributed by atoms with Gasteiger partial charge in [0.05, 0.1) is 0 Å². The Hall–Kier alpha value is -1.76. The van der Waals surface area contributed by atoms with E-state index >= 15 is 0 Å². The van der Waals surface area contributed by atoms with Crippen LogP contribution in [0.25, 0.3) is 11.1 Å². The molecule has 84 valence electrons. The van der Waals surface area contributed by atoms with E-state index in [-0.39, 0.29) is 0 Å². The molecular formula is C15H18O. The summed E-state index contributed by atoms with van der Waals surface area (Å²) in [5.74, 6) is 0.308. The molecule has 1 N–H and O–H groups in total. The van der Waals surface area contributed by atoms with Crippen molar-refractivity contribution in [3.63, 3.8) is 0 Å². The Morgan fingerprint density at radius 2 is 1.44 bits per heavy atom. The van der Waals surface area contributed by atoms with E-state index in [0.717, 1.165) is 11.1 Å². The number of phenolic OH excluding ortho intramolecular Hbond substituents is 1. The Morgan fingerprint density at radius 3 is 2.00 bits per heavy atom. The summed E-state index contributed by atoms with van der Waals surface area (Å²) in [4.78, 5) is 0. The fraction of sp³-hybridized carbons (Fsp3) is 0.200. The van der Waals surface area contributed by atoms with Gasteiger partial charge in [-0.2, -0.15) is 0 Å². The molecule has 0 aliphatic carbocycles. The van der Waals surface area contributed by atoms with E-state index in [1.165, 1.54) is 5.56 Å². The lowest BCUT2D eigenvalue weighted by Gasteiger charge is -2.02. The molecule has 0 aliphatic rings. The average Bonchev–Trinajstić information content (AvgIpc) is 2.32. The van der Waals surface area contributed by atoms with E-state index in [2.05, 4.69) is 31.2 Å². The van der Waals surface area contributed by atoms with Gasteiger partial charge in [-0.3, -0.25) is 0 Å². The highest BCUT2D eigenvalue weighted by atomic mass is 16.3. The Bertz CT molecular complexity index is 429. The van der Waals surface area contributed by atoms with Gasteiger partial charge in [0.25, 0.3) is 0 Å². The second-order valence-electron chi connectivity index (χ2n) is 3.42. The van der Waals surface area contributed by atoms with E-state index < -0.39 is 0 Å². The Morgan fingerprint density at radius 1 is 0.812 bits per heavy atom. The number of aromatic hydroxyl groups is 1. The van der Waals surface area contributed by atoms with Crippen molar-refractivity contribution in [3.8, 4) is 16.9 Å². The lowest BCUT2D eigenvalue weighted by molar-refractivity contribution is 0.475. The van der Waals surface area contributed by atoms with E-state index in [0.29, 0.717) is 5.75 Å². The molecule has 0 amide bonds. The summed E-state index contributed by atoms with van der Waals surface area (Å²) in [5, 5.41) is 9.33. The van der Waals surface area contributed by atoms with Crippen molar-refractivity contribution in [1.82, 2.24) is 0 Å². The van der Waals surface area contributed by atoms with Crippen molar-refractivity contribution in [1.29, 1.82) is 0 Å². The summed E-state index contributed by atoms with van der Waals surface area (Å²) >= 11 is 0. The van der Waals surface area contributed by atoms with Gasteiger partial charge in [0.1, 0.15) is 5.75 Å². The highest BCUT2D eigenvalue weighted by Crippen LogP contribution is 2.23. The topological polar surface area (TPSA) is 20.2 Å². The lowest BCUT2D eigenvalue weighted by Crippen LogP contribution is -1.77. The van der Waals surface area contributed by atoms with E-state index in [4.69, 9.17) is 0 Å². The van der Waals surface area contributed by atoms with Gasteiger partial charge in [-0.1, -0.05) is 55.8 Å². The zero-order valence-corrected chi connectivity index (χ0v) is 10.1. The van der Waals surface area contributed by atoms with Crippen LogP contribution in [0.5, 0.6) is 5.75 Å². The molecule has 0 heterocycles. The van der Waals surface area contributed by atoms with Crippen molar-refractivity contribution in [2.24, 2.45) is 0 Å². The van der Waals surface area contributed by atoms with Crippen LogP contribution in [-0.2, 0) is 0 Å². The van der Waals surface area contributed by atoms with E-state index in [1.54, 1.807) is 12.1 Å². The summed E-state index contributed by atoms with van der Waals surface area (Å²) in [6.45, 7) is 6.06. The van der Waals surface area contributed by atoms with Gasteiger partial charge in [-0.25, -0.2) is 0 Å². The molecule has 0 unspecified atom stereocenters. The zero-order chi connectivity index (χ0) is 12.0. The molecule has 0 aromatic heterocycles. The predicted molar refractivity (Wildman–Crippen MR) is 69.6 cm³/mol. The first kappa shape index (κ1) is 12.3. The fourth-order valence-electron chi connectivity index (χ4n) is 1.43. The second kappa shape index (κ2) is 5.96. The van der Waals surface area contributed by atoms with Crippen LogP contribution in [0.3, 0.4) is 0 Å². The molecule has 0 saturated carbocycles. The van der Waals surface area contributed by atoms with Gasteiger partial charge in [-0.15, -0.1) is 0 Å². The molecule has 1 nitrogen and oxygen atoms in total. The minimum Gasteiger partial charge on any atom is -0.508 e. The third-order valence-corrected chi connectivity index (χ3v) is 2.23. The van der Waals surface area contributed by atoms with Crippen LogP contribution in [0.15, 0.2) is 48.5 Å². The molecule has 0 atom stereocenters. The van der Waals surface area contributed by atoms with Gasteiger partial charge < -0.3 is 5.11 Å². The normalized spacial score (nSPS) is 9.19. The number of hydrogen-bond acceptors (Lipinski definition) is 1. The first-order valence-electron chi connectivity index (χ1n) is 5.62. The van der Waals surface area contributed by atoms with Crippen LogP contribution in [-0.4, -0.2) is 5.11 Å². The summed E-state index contributed by atoms with van der Waals surface area (Å²) in [7, 11) is 0. The standard InChI is InChI=1S/C13H12O.C2H6/c1-10-5-7-11(8-6-10)12-3-2-4-13(14)9-12;1-2/h2-9,14H,1H3;1-2H3. The Labute approximate surface area is 97.4 Å². The summed E-state index contributed by atoms with van der Waals surface area (Å²) in [6, 6.07) is 15.5. The minimum atomic E-state index is 0.308. The van der Waals surface area contributed by atoms with Crippen molar-refractivity contribution in [2.75, 3.05) is 0 Å². The summed E-state index contributed by atoms with van der Waals surface area (Å²) < 4.78 is 0. The smallest absolute Gasteiger partial charge is 0.116 e. The maximum absolute atomic E-state index is 9.33. The van der Waals surface area contributed by atoms with Gasteiger partial charge in [0, 0.05) is 0 Å². The van der Waals surface area contributed by atoms with Crippen LogP contribution < -0.4 is 0 Å². The SMILES string of the molecule is CC.Cc1ccc(-c2cccc(O)c2)cc1. The molecule has 2 aromatic carbocycles. The molecule has 0 aliphatic heterocycles. The molecule has 0 spiro atoms. The zero-order valence-electron chi connectivity index (χ0n) is 10.1. The van der Waals surface area contributed by atoms with Gasteiger partial charge >= 0.3 is 0 Å². The van der Waals surface area contributed by atoms with Crippen molar-refractivity contribution in [3.05, 3.63) is 54.1 Å². The van der Waals surface area contributed by atoms with Gasteiger partial charge in [0.15, 0.2) is 0 Å². The molecule has 0 radical (unpaired) electrons. The molecule has 0 bridgehead atoms. The predicted octanol–water partition coefficient (Wildman–Crippen LogP) is 4.39. The quantitative estimate of drug-likeness (QED) is 0.746. The number of benzene rings is 2. The first-order chi connectivity index (χ1) is 7.75. The maximum Gasteiger partial charge on any atom is 0.116 e. The maximum atomic E-state index is 9.33. The Balaban J connectivity index is 0.000000606. The van der Waals surface area contributed by atoms with Gasteiger partial charge in [0.2, 0.25) is 0 Å². The Kier molecular flexibility index (Phi) is 4.59. The highest BCUT2D eigenvalue weighted by Gasteiger charge is 1.97. The number of hydrogen-bond donors (Lipinski definition) is 1. The highest BCUT2D eigenvalue weighted by molar-refractivity contribution is 5.65. The molecular weight excluding hydrogens is 196 g/mol. The van der Waals surface area contributed by atoms with Crippen molar-refractivity contribution in [2.45, 2.75) is 20.8 Å². The summed E-state index contributed by atoms with van der Waals surface area (Å²) in [5.41, 5.74) is 3.42. The van der Waals surface area contributed by atoms with Crippen LogP contribution in [0.1, 0.15) is 19.4 Å². The second-order valence-corrected chi connectivity index (χ2v) is 3.42. The van der Waals surface area contributed by atoms with E-state index in [9.17, 15) is 5.11 Å². The molecule has 16 heavy (non-hydrogen) atoms. The minimum absolute atomic E-state index is 0.308. The molecule has 0 saturated heterocycles.